The zero-order chi connectivity index (χ0) is 48.2. The number of fused-ring (bicyclic) bond motifs is 1. The van der Waals surface area contributed by atoms with E-state index in [1.807, 2.05) is 13.0 Å². The number of carbonyl (C=O) groups excluding carboxylic acids is 3. The Kier molecular flexibility index (Phi) is 17.9. The van der Waals surface area contributed by atoms with E-state index in [9.17, 15) is 66.7 Å². The van der Waals surface area contributed by atoms with Crippen LogP contribution in [0.5, 0.6) is 17.2 Å². The number of rotatable bonds is 22. The molecule has 4 aromatic rings. The highest BCUT2D eigenvalue weighted by atomic mass is 19.2. The van der Waals surface area contributed by atoms with Gasteiger partial charge < -0.3 is 70.3 Å². The predicted molar refractivity (Wildman–Crippen MR) is 215 cm³/mol. The van der Waals surface area contributed by atoms with Crippen LogP contribution in [-0.2, 0) is 44.7 Å². The number of benzene rings is 3. The van der Waals surface area contributed by atoms with Crippen LogP contribution < -0.4 is 30.4 Å². The molecule has 0 unspecified atom stereocenters. The number of aryl methyl sites for hydroxylation is 1. The second-order valence-electron chi connectivity index (χ2n) is 14.6. The van der Waals surface area contributed by atoms with Crippen molar-refractivity contribution in [3.63, 3.8) is 0 Å². The average molecular weight is 942 g/mol. The number of nitrogens with two attached hydrogens (primary N) is 1. The number of hydrogen-bond donors (Lipinski definition) is 8. The lowest BCUT2D eigenvalue weighted by molar-refractivity contribution is -0.662. The minimum atomic E-state index is -2.40. The van der Waals surface area contributed by atoms with E-state index in [0.717, 1.165) is 10.9 Å². The first-order valence-corrected chi connectivity index (χ1v) is 20.0. The van der Waals surface area contributed by atoms with Crippen LogP contribution in [0.25, 0.3) is 10.9 Å². The molecule has 2 heterocycles. The first kappa shape index (κ1) is 50.7. The van der Waals surface area contributed by atoms with E-state index >= 15 is 0 Å². The van der Waals surface area contributed by atoms with Crippen molar-refractivity contribution in [2.45, 2.75) is 63.4 Å². The number of anilines is 2. The molecule has 66 heavy (non-hydrogen) atoms. The minimum Gasteiger partial charge on any atom is -0.501 e. The number of nitrogens with zero attached hydrogens (tertiary/aromatic N) is 1. The molecule has 1 aliphatic heterocycles. The number of carbonyl (C=O) groups is 4. The van der Waals surface area contributed by atoms with Crippen LogP contribution in [0.1, 0.15) is 30.4 Å². The smallest absolute Gasteiger partial charge is 0.335 e. The fourth-order valence-electron chi connectivity index (χ4n) is 6.45. The van der Waals surface area contributed by atoms with Gasteiger partial charge in [-0.1, -0.05) is 0 Å². The van der Waals surface area contributed by atoms with E-state index in [1.165, 1.54) is 12.1 Å². The number of phenolic OH excluding ortho intramolecular Hbond substituents is 1. The number of nitrogen functional groups attached to an aromatic ring is 1. The molecule has 0 saturated carbocycles. The van der Waals surface area contributed by atoms with Gasteiger partial charge in [0, 0.05) is 31.0 Å². The molecule has 9 N–H and O–H groups in total. The SMILES string of the molecule is Cc1cc(N)c(O)c2c1ccc[n+]2Cc1ccc(O[C@@H]2O[C@H](C(=O)O)[C@@H](O)[C@H](O)[C@H]2O)c(NC(=O)CCNC(=O)CCOCCOCCOCCC(=O)Oc2c(F)c(F)c(F)c(F)c2F)c1. The van der Waals surface area contributed by atoms with Gasteiger partial charge in [-0.3, -0.25) is 14.4 Å². The number of amides is 2. The standard InChI is InChI=1S/C42H45F5N4O15/c1-20-17-23(48)35(55)34-22(20)3-2-10-51(34)19-21-4-5-25(64-42-38(58)36(56)37(57)40(66-42)41(59)60)24(18-21)50-27(53)6-9-49-26(52)7-11-61-13-15-63-16-14-62-12-8-28(54)65-39-32(46)30(44)29(43)31(45)33(39)47/h2-5,10,17-18,36-38,40,42,48,56-58H,6-9,11-16,19H2,1H3,(H4,49,50,52,53,55,59,60)/p+1/t36-,37-,38+,40-,42+/m0/s1. The molecule has 3 aromatic carbocycles. The number of phenols is 1. The Labute approximate surface area is 371 Å². The summed E-state index contributed by atoms with van der Waals surface area (Å²) in [6, 6.07) is 9.72. The highest BCUT2D eigenvalue weighted by molar-refractivity contribution is 5.93. The van der Waals surface area contributed by atoms with E-state index in [1.54, 1.807) is 29.0 Å². The Balaban J connectivity index is 1.05. The predicted octanol–water partition coefficient (Wildman–Crippen LogP) is 1.62. The molecule has 1 aromatic heterocycles. The third-order valence-electron chi connectivity index (χ3n) is 9.82. The quantitative estimate of drug-likeness (QED) is 0.00640. The number of hydrogen-bond acceptors (Lipinski definition) is 15. The number of carboxylic acids is 1. The number of aliphatic carboxylic acids is 1. The Bertz CT molecular complexity index is 2390. The second-order valence-corrected chi connectivity index (χ2v) is 14.6. The maximum atomic E-state index is 13.7. The maximum Gasteiger partial charge on any atom is 0.335 e. The van der Waals surface area contributed by atoms with Gasteiger partial charge in [-0.2, -0.15) is 13.3 Å². The summed E-state index contributed by atoms with van der Waals surface area (Å²) in [6.07, 6.45) is -8.79. The molecule has 1 aliphatic rings. The van der Waals surface area contributed by atoms with E-state index in [4.69, 9.17) is 29.4 Å². The van der Waals surface area contributed by atoms with Gasteiger partial charge in [0.25, 0.3) is 5.52 Å². The van der Waals surface area contributed by atoms with Gasteiger partial charge in [0.15, 0.2) is 18.8 Å². The van der Waals surface area contributed by atoms with Crippen molar-refractivity contribution in [1.82, 2.24) is 5.32 Å². The molecule has 1 saturated heterocycles. The van der Waals surface area contributed by atoms with Gasteiger partial charge in [-0.15, -0.1) is 0 Å². The molecular weight excluding hydrogens is 895 g/mol. The topological polar surface area (TPSA) is 279 Å². The summed E-state index contributed by atoms with van der Waals surface area (Å²) in [5, 5.41) is 57.3. The molecule has 5 rings (SSSR count). The average Bonchev–Trinajstić information content (AvgIpc) is 3.28. The number of nitrogens with one attached hydrogen (secondary N) is 2. The maximum absolute atomic E-state index is 13.7. The molecule has 5 atom stereocenters. The molecular formula is C42H46F5N4O15+. The molecule has 24 heteroatoms. The largest absolute Gasteiger partial charge is 0.501 e. The summed E-state index contributed by atoms with van der Waals surface area (Å²) in [5.41, 5.74) is 8.03. The number of ether oxygens (including phenoxy) is 6. The van der Waals surface area contributed by atoms with Crippen molar-refractivity contribution < 1.29 is 99.7 Å². The van der Waals surface area contributed by atoms with Crippen LogP contribution in [-0.4, -0.2) is 126 Å². The molecule has 1 fully saturated rings. The number of esters is 1. The highest BCUT2D eigenvalue weighted by Gasteiger charge is 2.48. The highest BCUT2D eigenvalue weighted by Crippen LogP contribution is 2.34. The first-order valence-electron chi connectivity index (χ1n) is 20.0. The molecule has 0 aliphatic carbocycles. The first-order chi connectivity index (χ1) is 31.4. The number of aliphatic hydroxyl groups is 3. The third kappa shape index (κ3) is 12.7. The van der Waals surface area contributed by atoms with Gasteiger partial charge in [0.05, 0.1) is 62.8 Å². The van der Waals surface area contributed by atoms with E-state index in [-0.39, 0.29) is 88.4 Å². The van der Waals surface area contributed by atoms with Crippen molar-refractivity contribution >= 4 is 46.0 Å². The van der Waals surface area contributed by atoms with Gasteiger partial charge in [-0.25, -0.2) is 18.0 Å². The molecule has 358 valence electrons. The molecule has 0 spiro atoms. The fraction of sp³-hybridized carbons (Fsp3) is 0.405. The third-order valence-corrected chi connectivity index (χ3v) is 9.82. The monoisotopic (exact) mass is 941 g/mol. The molecule has 0 radical (unpaired) electrons. The van der Waals surface area contributed by atoms with Crippen molar-refractivity contribution in [2.24, 2.45) is 0 Å². The van der Waals surface area contributed by atoms with Crippen molar-refractivity contribution in [2.75, 3.05) is 57.2 Å². The van der Waals surface area contributed by atoms with E-state index in [2.05, 4.69) is 15.4 Å². The van der Waals surface area contributed by atoms with Gasteiger partial charge in [0.1, 0.15) is 24.1 Å². The van der Waals surface area contributed by atoms with Crippen LogP contribution in [0.15, 0.2) is 42.6 Å². The summed E-state index contributed by atoms with van der Waals surface area (Å²) in [4.78, 5) is 49.0. The van der Waals surface area contributed by atoms with Gasteiger partial charge in [0.2, 0.25) is 58.7 Å². The zero-order valence-corrected chi connectivity index (χ0v) is 34.9. The number of pyridine rings is 1. The van der Waals surface area contributed by atoms with Gasteiger partial charge >= 0.3 is 11.9 Å². The summed E-state index contributed by atoms with van der Waals surface area (Å²) in [6.45, 7) is 1.65. The summed E-state index contributed by atoms with van der Waals surface area (Å²) in [5.74, 6) is -17.5. The number of carboxylic acid groups (broad SMARTS) is 1. The Hall–Kier alpha value is -6.28. The minimum absolute atomic E-state index is 0.0151. The van der Waals surface area contributed by atoms with Crippen LogP contribution in [0.4, 0.5) is 33.3 Å². The molecule has 2 amide bonds. The Morgan fingerprint density at radius 1 is 0.788 bits per heavy atom. The van der Waals surface area contributed by atoms with Crippen LogP contribution in [0.3, 0.4) is 0 Å². The zero-order valence-electron chi connectivity index (χ0n) is 34.9. The lowest BCUT2D eigenvalue weighted by Gasteiger charge is -2.38. The molecule has 19 nitrogen and oxygen atoms in total. The normalized spacial score (nSPS) is 18.2. The lowest BCUT2D eigenvalue weighted by atomic mass is 9.99. The van der Waals surface area contributed by atoms with Crippen molar-refractivity contribution in [3.05, 3.63) is 82.8 Å². The summed E-state index contributed by atoms with van der Waals surface area (Å²) >= 11 is 0. The van der Waals surface area contributed by atoms with Crippen LogP contribution in [0, 0.1) is 36.0 Å². The Morgan fingerprint density at radius 3 is 2.06 bits per heavy atom. The van der Waals surface area contributed by atoms with Crippen LogP contribution in [0.2, 0.25) is 0 Å². The van der Waals surface area contributed by atoms with Crippen LogP contribution >= 0.6 is 0 Å². The number of halogens is 5. The van der Waals surface area contributed by atoms with Crippen molar-refractivity contribution in [3.8, 4) is 17.2 Å². The Morgan fingerprint density at radius 2 is 1.41 bits per heavy atom. The number of aromatic hydroxyl groups is 1. The van der Waals surface area contributed by atoms with Gasteiger partial charge in [-0.05, 0) is 42.8 Å². The fourth-order valence-corrected chi connectivity index (χ4v) is 6.45. The van der Waals surface area contributed by atoms with Crippen molar-refractivity contribution in [1.29, 1.82) is 0 Å². The second kappa shape index (κ2) is 23.3. The lowest BCUT2D eigenvalue weighted by Crippen LogP contribution is -2.61. The number of aliphatic hydroxyl groups excluding tert-OH is 3. The van der Waals surface area contributed by atoms with E-state index in [0.29, 0.717) is 11.1 Å². The molecule has 0 bridgehead atoms. The summed E-state index contributed by atoms with van der Waals surface area (Å²) < 4.78 is 99.8. The van der Waals surface area contributed by atoms with E-state index < -0.39 is 95.7 Å². The summed E-state index contributed by atoms with van der Waals surface area (Å²) in [7, 11) is 0. The number of aromatic nitrogens is 1.